The topological polar surface area (TPSA) is 63.3 Å². The summed E-state index contributed by atoms with van der Waals surface area (Å²) in [6.07, 6.45) is 0. The first-order valence-electron chi connectivity index (χ1n) is 4.23. The summed E-state index contributed by atoms with van der Waals surface area (Å²) in [6.45, 7) is 5.15. The Morgan fingerprint density at radius 3 is 2.36 bits per heavy atom. The Bertz CT molecular complexity index is 355. The first-order valence-corrected chi connectivity index (χ1v) is 4.23. The van der Waals surface area contributed by atoms with E-state index in [2.05, 4.69) is 6.58 Å². The molecule has 0 amide bonds. The van der Waals surface area contributed by atoms with Crippen molar-refractivity contribution in [3.05, 3.63) is 42.5 Å². The van der Waals surface area contributed by atoms with Crippen LogP contribution in [0, 0.1) is 0 Å². The van der Waals surface area contributed by atoms with E-state index in [1.165, 1.54) is 6.92 Å². The van der Waals surface area contributed by atoms with Crippen molar-refractivity contribution in [2.75, 3.05) is 0 Å². The minimum absolute atomic E-state index is 0.408. The van der Waals surface area contributed by atoms with E-state index in [-0.39, 0.29) is 0 Å². The van der Waals surface area contributed by atoms with Crippen LogP contribution in [0.25, 0.3) is 5.57 Å². The van der Waals surface area contributed by atoms with Gasteiger partial charge < -0.3 is 10.8 Å². The van der Waals surface area contributed by atoms with Gasteiger partial charge in [-0.2, -0.15) is 0 Å². The van der Waals surface area contributed by atoms with E-state index in [9.17, 15) is 4.79 Å². The van der Waals surface area contributed by atoms with E-state index >= 15 is 0 Å². The summed E-state index contributed by atoms with van der Waals surface area (Å²) in [5.74, 6) is -1.08. The summed E-state index contributed by atoms with van der Waals surface area (Å²) in [5.41, 5.74) is 5.38. The van der Waals surface area contributed by atoms with Gasteiger partial charge in [0.05, 0.1) is 0 Å². The molecule has 1 aromatic carbocycles. The molecule has 14 heavy (non-hydrogen) atoms. The van der Waals surface area contributed by atoms with Crippen LogP contribution in [0.15, 0.2) is 36.9 Å². The van der Waals surface area contributed by atoms with Gasteiger partial charge in [0.1, 0.15) is 5.54 Å². The Morgan fingerprint density at radius 2 is 1.93 bits per heavy atom. The average molecular weight is 191 g/mol. The molecule has 0 aliphatic carbocycles. The lowest BCUT2D eigenvalue weighted by Crippen LogP contribution is -2.45. The highest BCUT2D eigenvalue weighted by Crippen LogP contribution is 2.23. The lowest BCUT2D eigenvalue weighted by Gasteiger charge is -2.22. The van der Waals surface area contributed by atoms with Crippen LogP contribution in [0.3, 0.4) is 0 Å². The first kappa shape index (κ1) is 10.5. The molecule has 0 aromatic heterocycles. The number of benzene rings is 1. The number of carboxylic acids is 1. The van der Waals surface area contributed by atoms with Crippen LogP contribution in [-0.4, -0.2) is 16.6 Å². The molecular weight excluding hydrogens is 178 g/mol. The standard InChI is InChI=1S/C11H13NO2/c1-8(11(2,12)10(13)14)9-6-4-3-5-7-9/h3-7H,1,12H2,2H3,(H,13,14). The molecule has 1 atom stereocenters. The highest BCUT2D eigenvalue weighted by molar-refractivity contribution is 5.95. The van der Waals surface area contributed by atoms with Gasteiger partial charge in [-0.05, 0) is 18.1 Å². The molecule has 0 aliphatic heterocycles. The molecule has 1 rings (SSSR count). The van der Waals surface area contributed by atoms with Crippen molar-refractivity contribution in [3.63, 3.8) is 0 Å². The van der Waals surface area contributed by atoms with Crippen molar-refractivity contribution in [1.29, 1.82) is 0 Å². The zero-order valence-electron chi connectivity index (χ0n) is 8.03. The Labute approximate surface area is 82.9 Å². The molecule has 1 aromatic rings. The molecule has 1 unspecified atom stereocenters. The molecule has 0 aliphatic rings. The van der Waals surface area contributed by atoms with Gasteiger partial charge in [-0.1, -0.05) is 36.9 Å². The van der Waals surface area contributed by atoms with E-state index < -0.39 is 11.5 Å². The van der Waals surface area contributed by atoms with Crippen molar-refractivity contribution >= 4 is 11.5 Å². The van der Waals surface area contributed by atoms with Crippen LogP contribution in [0.1, 0.15) is 12.5 Å². The van der Waals surface area contributed by atoms with Crippen molar-refractivity contribution < 1.29 is 9.90 Å². The molecule has 0 spiro atoms. The minimum atomic E-state index is -1.42. The van der Waals surface area contributed by atoms with Crippen LogP contribution >= 0.6 is 0 Å². The fourth-order valence-electron chi connectivity index (χ4n) is 1.07. The molecule has 0 heterocycles. The van der Waals surface area contributed by atoms with E-state index in [1.807, 2.05) is 18.2 Å². The molecule has 74 valence electrons. The highest BCUT2D eigenvalue weighted by Gasteiger charge is 2.31. The van der Waals surface area contributed by atoms with Crippen molar-refractivity contribution in [1.82, 2.24) is 0 Å². The summed E-state index contributed by atoms with van der Waals surface area (Å²) < 4.78 is 0. The predicted molar refractivity (Wildman–Crippen MR) is 55.7 cm³/mol. The second kappa shape index (κ2) is 3.64. The third kappa shape index (κ3) is 1.83. The lowest BCUT2D eigenvalue weighted by molar-refractivity contribution is -0.140. The molecule has 0 fully saturated rings. The first-order chi connectivity index (χ1) is 6.46. The molecule has 3 heteroatoms. The number of nitrogens with two attached hydrogens (primary N) is 1. The van der Waals surface area contributed by atoms with Crippen LogP contribution in [0.5, 0.6) is 0 Å². The van der Waals surface area contributed by atoms with Crippen LogP contribution in [0.2, 0.25) is 0 Å². The van der Waals surface area contributed by atoms with Gasteiger partial charge in [-0.15, -0.1) is 0 Å². The minimum Gasteiger partial charge on any atom is -0.480 e. The number of carboxylic acid groups (broad SMARTS) is 1. The van der Waals surface area contributed by atoms with Crippen LogP contribution < -0.4 is 5.73 Å². The third-order valence-electron chi connectivity index (χ3n) is 2.19. The van der Waals surface area contributed by atoms with E-state index in [0.29, 0.717) is 5.57 Å². The van der Waals surface area contributed by atoms with Crippen molar-refractivity contribution in [2.45, 2.75) is 12.5 Å². The van der Waals surface area contributed by atoms with Gasteiger partial charge in [0, 0.05) is 0 Å². The lowest BCUT2D eigenvalue weighted by atomic mass is 9.89. The quantitative estimate of drug-likeness (QED) is 0.761. The van der Waals surface area contributed by atoms with E-state index in [0.717, 1.165) is 5.56 Å². The van der Waals surface area contributed by atoms with Gasteiger partial charge in [-0.3, -0.25) is 0 Å². The molecule has 0 saturated carbocycles. The van der Waals surface area contributed by atoms with Gasteiger partial charge in [0.15, 0.2) is 0 Å². The van der Waals surface area contributed by atoms with Crippen molar-refractivity contribution in [2.24, 2.45) is 5.73 Å². The van der Waals surface area contributed by atoms with Crippen LogP contribution in [0.4, 0.5) is 0 Å². The number of rotatable bonds is 3. The average Bonchev–Trinajstić information content (AvgIpc) is 2.17. The molecule has 3 N–H and O–H groups in total. The predicted octanol–water partition coefficient (Wildman–Crippen LogP) is 1.50. The Morgan fingerprint density at radius 1 is 1.43 bits per heavy atom. The fraction of sp³-hybridized carbons (Fsp3) is 0.182. The summed E-state index contributed by atoms with van der Waals surface area (Å²) in [6, 6.07) is 9.06. The van der Waals surface area contributed by atoms with Crippen LogP contribution in [-0.2, 0) is 4.79 Å². The molecule has 0 saturated heterocycles. The Hall–Kier alpha value is -1.61. The third-order valence-corrected chi connectivity index (χ3v) is 2.19. The second-order valence-electron chi connectivity index (χ2n) is 3.35. The monoisotopic (exact) mass is 191 g/mol. The normalized spacial score (nSPS) is 14.4. The fourth-order valence-corrected chi connectivity index (χ4v) is 1.07. The summed E-state index contributed by atoms with van der Waals surface area (Å²) in [5, 5.41) is 8.89. The number of aliphatic carboxylic acids is 1. The number of hydrogen-bond donors (Lipinski definition) is 2. The van der Waals surface area contributed by atoms with Gasteiger partial charge >= 0.3 is 5.97 Å². The molecule has 3 nitrogen and oxygen atoms in total. The maximum atomic E-state index is 10.8. The number of carbonyl (C=O) groups is 1. The number of hydrogen-bond acceptors (Lipinski definition) is 2. The molecule has 0 bridgehead atoms. The summed E-state index contributed by atoms with van der Waals surface area (Å²) in [4.78, 5) is 10.8. The molecular formula is C11H13NO2. The zero-order chi connectivity index (χ0) is 10.8. The molecule has 0 radical (unpaired) electrons. The van der Waals surface area contributed by atoms with Gasteiger partial charge in [0.2, 0.25) is 0 Å². The summed E-state index contributed by atoms with van der Waals surface area (Å²) in [7, 11) is 0. The smallest absolute Gasteiger partial charge is 0.328 e. The SMILES string of the molecule is C=C(c1ccccc1)C(C)(N)C(=O)O. The maximum Gasteiger partial charge on any atom is 0.328 e. The van der Waals surface area contributed by atoms with Gasteiger partial charge in [-0.25, -0.2) is 4.79 Å². The Balaban J connectivity index is 3.03. The summed E-state index contributed by atoms with van der Waals surface area (Å²) >= 11 is 0. The van der Waals surface area contributed by atoms with Gasteiger partial charge in [0.25, 0.3) is 0 Å². The largest absolute Gasteiger partial charge is 0.480 e. The van der Waals surface area contributed by atoms with E-state index in [1.54, 1.807) is 12.1 Å². The zero-order valence-corrected chi connectivity index (χ0v) is 8.03. The Kier molecular flexibility index (Phi) is 2.72. The van der Waals surface area contributed by atoms with Crippen molar-refractivity contribution in [3.8, 4) is 0 Å². The van der Waals surface area contributed by atoms with E-state index in [4.69, 9.17) is 10.8 Å². The maximum absolute atomic E-state index is 10.8. The second-order valence-corrected chi connectivity index (χ2v) is 3.35. The highest BCUT2D eigenvalue weighted by atomic mass is 16.4.